The van der Waals surface area contributed by atoms with Gasteiger partial charge in [0.1, 0.15) is 16.0 Å². The van der Waals surface area contributed by atoms with Gasteiger partial charge in [0.05, 0.1) is 14.2 Å². The van der Waals surface area contributed by atoms with E-state index in [1.165, 1.54) is 0 Å². The van der Waals surface area contributed by atoms with Crippen LogP contribution in [0.2, 0.25) is 0 Å². The van der Waals surface area contributed by atoms with Gasteiger partial charge in [-0.25, -0.2) is 0 Å². The van der Waals surface area contributed by atoms with Crippen molar-refractivity contribution in [3.05, 3.63) is 22.2 Å². The van der Waals surface area contributed by atoms with Crippen molar-refractivity contribution >= 4 is 27.7 Å². The normalized spacial score (nSPS) is 15.2. The number of benzene rings is 1. The molecule has 126 valence electrons. The van der Waals surface area contributed by atoms with Crippen LogP contribution in [-0.2, 0) is 4.79 Å². The summed E-state index contributed by atoms with van der Waals surface area (Å²) < 4.78 is 11.2. The molecule has 23 heavy (non-hydrogen) atoms. The molecule has 0 bridgehead atoms. The number of halogens is 1. The third-order valence-corrected chi connectivity index (χ3v) is 4.87. The fourth-order valence-electron chi connectivity index (χ4n) is 2.72. The molecule has 2 amide bonds. The first kappa shape index (κ1) is 17.6. The molecule has 0 aliphatic carbocycles. The van der Waals surface area contributed by atoms with Gasteiger partial charge >= 0.3 is 0 Å². The lowest BCUT2D eigenvalue weighted by atomic mass is 9.95. The summed E-state index contributed by atoms with van der Waals surface area (Å²) in [7, 11) is 4.73. The monoisotopic (exact) mass is 384 g/mol. The first-order valence-electron chi connectivity index (χ1n) is 7.44. The van der Waals surface area contributed by atoms with Gasteiger partial charge < -0.3 is 19.7 Å². The van der Waals surface area contributed by atoms with Crippen LogP contribution in [0.15, 0.2) is 16.6 Å². The van der Waals surface area contributed by atoms with E-state index in [1.807, 2.05) is 0 Å². The fraction of sp³-hybridized carbons (Fsp3) is 0.500. The summed E-state index contributed by atoms with van der Waals surface area (Å²) in [5.74, 6) is 1.05. The van der Waals surface area contributed by atoms with Crippen LogP contribution < -0.4 is 14.8 Å². The minimum atomic E-state index is -0.0792. The predicted molar refractivity (Wildman–Crippen MR) is 89.9 cm³/mol. The molecule has 0 aromatic heterocycles. The lowest BCUT2D eigenvalue weighted by Crippen LogP contribution is -2.42. The van der Waals surface area contributed by atoms with Crippen molar-refractivity contribution in [2.45, 2.75) is 12.8 Å². The zero-order chi connectivity index (χ0) is 17.0. The zero-order valence-electron chi connectivity index (χ0n) is 13.5. The van der Waals surface area contributed by atoms with E-state index in [1.54, 1.807) is 38.3 Å². The Hall–Kier alpha value is -1.76. The molecule has 1 fully saturated rings. The van der Waals surface area contributed by atoms with Gasteiger partial charge in [-0.3, -0.25) is 9.59 Å². The minimum Gasteiger partial charge on any atom is -0.495 e. The molecule has 1 aliphatic heterocycles. The maximum Gasteiger partial charge on any atom is 0.254 e. The molecule has 1 aliphatic rings. The maximum absolute atomic E-state index is 12.7. The summed E-state index contributed by atoms with van der Waals surface area (Å²) in [6.45, 7) is 1.13. The summed E-state index contributed by atoms with van der Waals surface area (Å²) in [6.07, 6.45) is 1.35. The molecular formula is C16H21BrN2O4. The SMILES string of the molecule is CNC(=O)C1CCN(C(=O)c2cc(OC)c(Br)c(OC)c2)CC1. The van der Waals surface area contributed by atoms with Gasteiger partial charge in [0.25, 0.3) is 5.91 Å². The molecule has 7 heteroatoms. The number of piperidine rings is 1. The summed E-state index contributed by atoms with van der Waals surface area (Å²) in [4.78, 5) is 26.1. The number of ether oxygens (including phenoxy) is 2. The van der Waals surface area contributed by atoms with E-state index < -0.39 is 0 Å². The minimum absolute atomic E-state index is 0.0157. The Labute approximate surface area is 144 Å². The molecule has 2 rings (SSSR count). The van der Waals surface area contributed by atoms with Gasteiger partial charge in [0.15, 0.2) is 0 Å². The highest BCUT2D eigenvalue weighted by molar-refractivity contribution is 9.10. The number of rotatable bonds is 4. The van der Waals surface area contributed by atoms with E-state index in [0.717, 1.165) is 0 Å². The number of likely N-dealkylation sites (tertiary alicyclic amines) is 1. The number of amides is 2. The summed E-state index contributed by atoms with van der Waals surface area (Å²) in [5.41, 5.74) is 0.514. The number of carbonyl (C=O) groups excluding carboxylic acids is 2. The Kier molecular flexibility index (Phi) is 5.87. The zero-order valence-corrected chi connectivity index (χ0v) is 15.1. The second kappa shape index (κ2) is 7.68. The van der Waals surface area contributed by atoms with Gasteiger partial charge in [-0.2, -0.15) is 0 Å². The van der Waals surface area contributed by atoms with Crippen LogP contribution in [0.3, 0.4) is 0 Å². The average molecular weight is 385 g/mol. The molecule has 6 nitrogen and oxygen atoms in total. The molecule has 1 aromatic rings. The van der Waals surface area contributed by atoms with Crippen molar-refractivity contribution < 1.29 is 19.1 Å². The topological polar surface area (TPSA) is 67.9 Å². The van der Waals surface area contributed by atoms with E-state index in [-0.39, 0.29) is 17.7 Å². The third kappa shape index (κ3) is 3.77. The molecule has 1 N–H and O–H groups in total. The van der Waals surface area contributed by atoms with Crippen LogP contribution in [0.4, 0.5) is 0 Å². The van der Waals surface area contributed by atoms with Crippen LogP contribution in [-0.4, -0.2) is 51.1 Å². The van der Waals surface area contributed by atoms with Crippen LogP contribution in [0, 0.1) is 5.92 Å². The van der Waals surface area contributed by atoms with Crippen LogP contribution >= 0.6 is 15.9 Å². The van der Waals surface area contributed by atoms with Gasteiger partial charge in [-0.15, -0.1) is 0 Å². The largest absolute Gasteiger partial charge is 0.495 e. The smallest absolute Gasteiger partial charge is 0.254 e. The lowest BCUT2D eigenvalue weighted by Gasteiger charge is -2.31. The van der Waals surface area contributed by atoms with Gasteiger partial charge in [-0.05, 0) is 40.9 Å². The van der Waals surface area contributed by atoms with Crippen molar-refractivity contribution in [1.29, 1.82) is 0 Å². The summed E-state index contributed by atoms with van der Waals surface area (Å²) in [6, 6.07) is 3.39. The van der Waals surface area contributed by atoms with Gasteiger partial charge in [0, 0.05) is 31.6 Å². The van der Waals surface area contributed by atoms with E-state index >= 15 is 0 Å². The van der Waals surface area contributed by atoms with Crippen LogP contribution in [0.25, 0.3) is 0 Å². The van der Waals surface area contributed by atoms with Crippen LogP contribution in [0.1, 0.15) is 23.2 Å². The first-order chi connectivity index (χ1) is 11.0. The van der Waals surface area contributed by atoms with Crippen molar-refractivity contribution in [2.24, 2.45) is 5.92 Å². The highest BCUT2D eigenvalue weighted by Gasteiger charge is 2.28. The third-order valence-electron chi connectivity index (χ3n) is 4.09. The molecule has 0 atom stereocenters. The Morgan fingerprint density at radius 3 is 2.13 bits per heavy atom. The van der Waals surface area contributed by atoms with Crippen molar-refractivity contribution in [1.82, 2.24) is 10.2 Å². The molecule has 0 spiro atoms. The quantitative estimate of drug-likeness (QED) is 0.862. The van der Waals surface area contributed by atoms with Crippen molar-refractivity contribution in [3.63, 3.8) is 0 Å². The molecule has 1 heterocycles. The van der Waals surface area contributed by atoms with E-state index in [0.29, 0.717) is 47.5 Å². The van der Waals surface area contributed by atoms with Crippen molar-refractivity contribution in [3.8, 4) is 11.5 Å². The van der Waals surface area contributed by atoms with Gasteiger partial charge in [-0.1, -0.05) is 0 Å². The number of carbonyl (C=O) groups is 2. The Morgan fingerprint density at radius 1 is 1.17 bits per heavy atom. The Bertz CT molecular complexity index is 573. The number of hydrogen-bond acceptors (Lipinski definition) is 4. The number of methoxy groups -OCH3 is 2. The summed E-state index contributed by atoms with van der Waals surface area (Å²) in [5, 5.41) is 2.67. The van der Waals surface area contributed by atoms with E-state index in [2.05, 4.69) is 21.2 Å². The van der Waals surface area contributed by atoms with E-state index in [4.69, 9.17) is 9.47 Å². The number of nitrogens with zero attached hydrogens (tertiary/aromatic N) is 1. The van der Waals surface area contributed by atoms with E-state index in [9.17, 15) is 9.59 Å². The number of nitrogens with one attached hydrogen (secondary N) is 1. The molecule has 0 unspecified atom stereocenters. The fourth-order valence-corrected chi connectivity index (χ4v) is 3.28. The van der Waals surface area contributed by atoms with Crippen molar-refractivity contribution in [2.75, 3.05) is 34.4 Å². The molecule has 0 saturated carbocycles. The molecule has 1 saturated heterocycles. The highest BCUT2D eigenvalue weighted by atomic mass is 79.9. The molecule has 1 aromatic carbocycles. The average Bonchev–Trinajstić information content (AvgIpc) is 2.60. The maximum atomic E-state index is 12.7. The standard InChI is InChI=1S/C16H21BrN2O4/c1-18-15(20)10-4-6-19(7-5-10)16(21)11-8-12(22-2)14(17)13(9-11)23-3/h8-10H,4-7H2,1-3H3,(H,18,20). The van der Waals surface area contributed by atoms with Gasteiger partial charge in [0.2, 0.25) is 5.91 Å². The summed E-state index contributed by atoms with van der Waals surface area (Å²) >= 11 is 3.39. The Morgan fingerprint density at radius 2 is 1.70 bits per heavy atom. The van der Waals surface area contributed by atoms with Crippen LogP contribution in [0.5, 0.6) is 11.5 Å². The predicted octanol–water partition coefficient (Wildman–Crippen LogP) is 2.06. The second-order valence-electron chi connectivity index (χ2n) is 5.38. The number of hydrogen-bond donors (Lipinski definition) is 1. The lowest BCUT2D eigenvalue weighted by molar-refractivity contribution is -0.125. The molecular weight excluding hydrogens is 364 g/mol. The highest BCUT2D eigenvalue weighted by Crippen LogP contribution is 2.36. The molecule has 0 radical (unpaired) electrons. The second-order valence-corrected chi connectivity index (χ2v) is 6.17. The Balaban J connectivity index is 2.14. The first-order valence-corrected chi connectivity index (χ1v) is 8.23.